The summed E-state index contributed by atoms with van der Waals surface area (Å²) in [6.45, 7) is 6.14. The number of thioether (sulfide) groups is 1. The lowest BCUT2D eigenvalue weighted by atomic mass is 9.99. The van der Waals surface area contributed by atoms with E-state index in [9.17, 15) is 9.90 Å². The van der Waals surface area contributed by atoms with Crippen LogP contribution in [-0.2, 0) is 4.79 Å². The Morgan fingerprint density at radius 3 is 2.18 bits per heavy atom. The van der Waals surface area contributed by atoms with Crippen LogP contribution >= 0.6 is 11.8 Å². The fourth-order valence-corrected chi connectivity index (χ4v) is 3.09. The molecule has 1 aromatic rings. The van der Waals surface area contributed by atoms with Gasteiger partial charge in [0.05, 0.1) is 0 Å². The Hall–Kier alpha value is -0.960. The second-order valence-corrected chi connectivity index (χ2v) is 5.48. The van der Waals surface area contributed by atoms with Crippen molar-refractivity contribution in [1.82, 2.24) is 0 Å². The minimum Gasteiger partial charge on any atom is -0.480 e. The summed E-state index contributed by atoms with van der Waals surface area (Å²) < 4.78 is 0. The Labute approximate surface area is 107 Å². The van der Waals surface area contributed by atoms with E-state index >= 15 is 0 Å². The molecule has 1 N–H and O–H groups in total. The SMILES string of the molecule is CCC(CC)C(Sc1ccc(C)cc1)C(=O)O. The quantitative estimate of drug-likeness (QED) is 0.778. The maximum absolute atomic E-state index is 11.3. The van der Waals surface area contributed by atoms with Gasteiger partial charge in [0.1, 0.15) is 5.25 Å². The number of hydrogen-bond acceptors (Lipinski definition) is 2. The maximum atomic E-state index is 11.3. The van der Waals surface area contributed by atoms with Gasteiger partial charge in [0.25, 0.3) is 0 Å². The number of hydrogen-bond donors (Lipinski definition) is 1. The van der Waals surface area contributed by atoms with Crippen molar-refractivity contribution in [2.24, 2.45) is 5.92 Å². The molecule has 1 atom stereocenters. The highest BCUT2D eigenvalue weighted by Gasteiger charge is 2.26. The molecule has 1 unspecified atom stereocenters. The second-order valence-electron chi connectivity index (χ2n) is 4.27. The molecule has 0 aromatic heterocycles. The van der Waals surface area contributed by atoms with Crippen molar-refractivity contribution in [2.75, 3.05) is 0 Å². The Morgan fingerprint density at radius 1 is 1.24 bits per heavy atom. The fourth-order valence-electron chi connectivity index (χ4n) is 1.83. The van der Waals surface area contributed by atoms with E-state index in [-0.39, 0.29) is 11.2 Å². The predicted octanol–water partition coefficient (Wildman–Crippen LogP) is 3.98. The third-order valence-corrected chi connectivity index (χ3v) is 4.39. The first-order valence-electron chi connectivity index (χ1n) is 6.04. The van der Waals surface area contributed by atoms with Crippen LogP contribution in [0, 0.1) is 12.8 Å². The zero-order valence-electron chi connectivity index (χ0n) is 10.6. The molecule has 17 heavy (non-hydrogen) atoms. The molecule has 0 spiro atoms. The molecule has 2 nitrogen and oxygen atoms in total. The Kier molecular flexibility index (Phi) is 5.56. The molecular formula is C14H20O2S. The van der Waals surface area contributed by atoms with E-state index in [1.165, 1.54) is 17.3 Å². The van der Waals surface area contributed by atoms with E-state index in [0.717, 1.165) is 17.7 Å². The van der Waals surface area contributed by atoms with Crippen molar-refractivity contribution in [2.45, 2.75) is 43.8 Å². The molecule has 0 aliphatic carbocycles. The molecule has 3 heteroatoms. The van der Waals surface area contributed by atoms with Crippen molar-refractivity contribution >= 4 is 17.7 Å². The molecule has 0 fully saturated rings. The van der Waals surface area contributed by atoms with Gasteiger partial charge in [0, 0.05) is 4.90 Å². The van der Waals surface area contributed by atoms with Crippen molar-refractivity contribution in [3.63, 3.8) is 0 Å². The van der Waals surface area contributed by atoms with E-state index in [1.807, 2.05) is 31.2 Å². The first-order valence-corrected chi connectivity index (χ1v) is 6.92. The topological polar surface area (TPSA) is 37.3 Å². The molecule has 0 saturated heterocycles. The van der Waals surface area contributed by atoms with Gasteiger partial charge in [-0.05, 0) is 25.0 Å². The Bertz CT molecular complexity index is 355. The number of aliphatic carboxylic acids is 1. The van der Waals surface area contributed by atoms with E-state index in [4.69, 9.17) is 0 Å². The van der Waals surface area contributed by atoms with Crippen LogP contribution in [0.5, 0.6) is 0 Å². The van der Waals surface area contributed by atoms with Crippen LogP contribution in [0.2, 0.25) is 0 Å². The van der Waals surface area contributed by atoms with Gasteiger partial charge in [-0.15, -0.1) is 11.8 Å². The summed E-state index contributed by atoms with van der Waals surface area (Å²) in [6.07, 6.45) is 1.82. The Morgan fingerprint density at radius 2 is 1.76 bits per heavy atom. The molecule has 0 amide bonds. The number of carboxylic acid groups (broad SMARTS) is 1. The number of carboxylic acids is 1. The van der Waals surface area contributed by atoms with Crippen LogP contribution in [0.25, 0.3) is 0 Å². The molecule has 0 radical (unpaired) electrons. The van der Waals surface area contributed by atoms with E-state index in [1.54, 1.807) is 0 Å². The first-order chi connectivity index (χ1) is 8.08. The number of aryl methyl sites for hydroxylation is 1. The largest absolute Gasteiger partial charge is 0.480 e. The van der Waals surface area contributed by atoms with Gasteiger partial charge >= 0.3 is 5.97 Å². The predicted molar refractivity (Wildman–Crippen MR) is 72.5 cm³/mol. The first kappa shape index (κ1) is 14.1. The van der Waals surface area contributed by atoms with Crippen LogP contribution in [0.4, 0.5) is 0 Å². The summed E-state index contributed by atoms with van der Waals surface area (Å²) in [5, 5.41) is 8.96. The summed E-state index contributed by atoms with van der Waals surface area (Å²) in [7, 11) is 0. The Balaban J connectivity index is 2.79. The average Bonchev–Trinajstić information content (AvgIpc) is 2.31. The molecule has 1 rings (SSSR count). The van der Waals surface area contributed by atoms with Crippen molar-refractivity contribution in [3.8, 4) is 0 Å². The van der Waals surface area contributed by atoms with Crippen LogP contribution in [-0.4, -0.2) is 16.3 Å². The van der Waals surface area contributed by atoms with Crippen molar-refractivity contribution in [1.29, 1.82) is 0 Å². The third kappa shape index (κ3) is 4.08. The summed E-state index contributed by atoms with van der Waals surface area (Å²) >= 11 is 1.46. The second kappa shape index (κ2) is 6.70. The highest BCUT2D eigenvalue weighted by molar-refractivity contribution is 8.00. The van der Waals surface area contributed by atoms with Crippen molar-refractivity contribution in [3.05, 3.63) is 29.8 Å². The molecule has 94 valence electrons. The van der Waals surface area contributed by atoms with Crippen LogP contribution < -0.4 is 0 Å². The molecule has 0 saturated carbocycles. The monoisotopic (exact) mass is 252 g/mol. The molecule has 0 aliphatic heterocycles. The number of benzene rings is 1. The summed E-state index contributed by atoms with van der Waals surface area (Å²) in [6, 6.07) is 8.04. The smallest absolute Gasteiger partial charge is 0.317 e. The standard InChI is InChI=1S/C14H20O2S/c1-4-11(5-2)13(14(15)16)17-12-8-6-10(3)7-9-12/h6-9,11,13H,4-5H2,1-3H3,(H,15,16). The van der Waals surface area contributed by atoms with E-state index in [2.05, 4.69) is 13.8 Å². The highest BCUT2D eigenvalue weighted by Crippen LogP contribution is 2.31. The summed E-state index contributed by atoms with van der Waals surface area (Å²) in [4.78, 5) is 12.3. The van der Waals surface area contributed by atoms with Crippen LogP contribution in [0.1, 0.15) is 32.3 Å². The molecular weight excluding hydrogens is 232 g/mol. The van der Waals surface area contributed by atoms with Gasteiger partial charge in [0.2, 0.25) is 0 Å². The normalized spacial score (nSPS) is 12.7. The maximum Gasteiger partial charge on any atom is 0.317 e. The van der Waals surface area contributed by atoms with Gasteiger partial charge in [-0.2, -0.15) is 0 Å². The third-order valence-electron chi connectivity index (χ3n) is 3.00. The minimum absolute atomic E-state index is 0.235. The van der Waals surface area contributed by atoms with Gasteiger partial charge < -0.3 is 5.11 Å². The van der Waals surface area contributed by atoms with Gasteiger partial charge in [0.15, 0.2) is 0 Å². The molecule has 0 heterocycles. The van der Waals surface area contributed by atoms with E-state index < -0.39 is 5.97 Å². The van der Waals surface area contributed by atoms with Gasteiger partial charge in [-0.25, -0.2) is 0 Å². The van der Waals surface area contributed by atoms with Gasteiger partial charge in [-0.1, -0.05) is 44.4 Å². The van der Waals surface area contributed by atoms with Gasteiger partial charge in [-0.3, -0.25) is 4.79 Å². The molecule has 0 bridgehead atoms. The van der Waals surface area contributed by atoms with E-state index in [0.29, 0.717) is 0 Å². The van der Waals surface area contributed by atoms with Crippen molar-refractivity contribution < 1.29 is 9.90 Å². The summed E-state index contributed by atoms with van der Waals surface area (Å²) in [5.41, 5.74) is 1.20. The highest BCUT2D eigenvalue weighted by atomic mass is 32.2. The van der Waals surface area contributed by atoms with Crippen LogP contribution in [0.3, 0.4) is 0 Å². The lowest BCUT2D eigenvalue weighted by Crippen LogP contribution is -2.25. The average molecular weight is 252 g/mol. The number of rotatable bonds is 6. The number of carbonyl (C=O) groups is 1. The minimum atomic E-state index is -0.704. The lowest BCUT2D eigenvalue weighted by Gasteiger charge is -2.20. The zero-order chi connectivity index (χ0) is 12.8. The lowest BCUT2D eigenvalue weighted by molar-refractivity contribution is -0.137. The molecule has 1 aromatic carbocycles. The molecule has 0 aliphatic rings. The van der Waals surface area contributed by atoms with Crippen LogP contribution in [0.15, 0.2) is 29.2 Å². The fraction of sp³-hybridized carbons (Fsp3) is 0.500. The summed E-state index contributed by atoms with van der Waals surface area (Å²) in [5.74, 6) is -0.469. The zero-order valence-corrected chi connectivity index (χ0v) is 11.5.